The van der Waals surface area contributed by atoms with Crippen molar-refractivity contribution in [2.75, 3.05) is 34.2 Å². The maximum absolute atomic E-state index is 11.8. The summed E-state index contributed by atoms with van der Waals surface area (Å²) in [7, 11) is 1.05. The number of likely N-dealkylation sites (N-methyl/N-ethyl adjacent to an activating group) is 1. The molecule has 0 bridgehead atoms. The van der Waals surface area contributed by atoms with Crippen LogP contribution in [0.1, 0.15) is 12.7 Å². The number of sulfonamides is 1. The molecule has 20 heavy (non-hydrogen) atoms. The van der Waals surface area contributed by atoms with E-state index < -0.39 is 10.0 Å². The molecule has 0 aromatic carbocycles. The van der Waals surface area contributed by atoms with Crippen molar-refractivity contribution < 1.29 is 17.6 Å². The summed E-state index contributed by atoms with van der Waals surface area (Å²) in [5.74, 6) is 0.442. The number of hydrogen-bond donors (Lipinski definition) is 1. The van der Waals surface area contributed by atoms with Crippen LogP contribution >= 0.6 is 0 Å². The average molecular weight is 303 g/mol. The number of rotatable bonds is 7. The van der Waals surface area contributed by atoms with Crippen LogP contribution in [0.2, 0.25) is 0 Å². The normalized spacial score (nSPS) is 11.8. The van der Waals surface area contributed by atoms with Gasteiger partial charge in [0.1, 0.15) is 5.76 Å². The molecule has 0 saturated carbocycles. The minimum absolute atomic E-state index is 0.0276. The summed E-state index contributed by atoms with van der Waals surface area (Å²) in [4.78, 5) is 13.1. The zero-order valence-electron chi connectivity index (χ0n) is 12.2. The Bertz CT molecular complexity index is 551. The Morgan fingerprint density at radius 1 is 1.30 bits per heavy atom. The Balaban J connectivity index is 2.56. The van der Waals surface area contributed by atoms with Crippen molar-refractivity contribution in [1.82, 2.24) is 14.5 Å². The van der Waals surface area contributed by atoms with Gasteiger partial charge in [-0.15, -0.1) is 0 Å². The van der Waals surface area contributed by atoms with Gasteiger partial charge in [-0.2, -0.15) is 0 Å². The molecule has 0 aliphatic rings. The van der Waals surface area contributed by atoms with Crippen molar-refractivity contribution >= 4 is 15.9 Å². The predicted molar refractivity (Wildman–Crippen MR) is 74.6 cm³/mol. The summed E-state index contributed by atoms with van der Waals surface area (Å²) in [6.07, 6.45) is 0. The van der Waals surface area contributed by atoms with Gasteiger partial charge in [0, 0.05) is 27.7 Å². The topological polar surface area (TPSA) is 82.9 Å². The summed E-state index contributed by atoms with van der Waals surface area (Å²) in [5.41, 5.74) is 0. The van der Waals surface area contributed by atoms with E-state index in [1.54, 1.807) is 18.0 Å². The zero-order chi connectivity index (χ0) is 15.3. The second-order valence-electron chi connectivity index (χ2n) is 4.52. The summed E-state index contributed by atoms with van der Waals surface area (Å²) >= 11 is 0. The van der Waals surface area contributed by atoms with Crippen LogP contribution in [-0.2, 0) is 21.4 Å². The number of amides is 1. The van der Waals surface area contributed by atoms with Crippen LogP contribution in [0.15, 0.2) is 21.6 Å². The van der Waals surface area contributed by atoms with Crippen LogP contribution in [-0.4, -0.2) is 57.8 Å². The van der Waals surface area contributed by atoms with E-state index in [4.69, 9.17) is 4.42 Å². The highest BCUT2D eigenvalue weighted by Gasteiger charge is 2.21. The molecule has 0 unspecified atom stereocenters. The molecule has 0 fully saturated rings. The Hall–Kier alpha value is -1.38. The minimum atomic E-state index is -3.55. The minimum Gasteiger partial charge on any atom is -0.447 e. The van der Waals surface area contributed by atoms with E-state index >= 15 is 0 Å². The van der Waals surface area contributed by atoms with Gasteiger partial charge in [0.05, 0.1) is 13.1 Å². The third-order valence-corrected chi connectivity index (χ3v) is 4.54. The van der Waals surface area contributed by atoms with Gasteiger partial charge in [-0.05, 0) is 19.1 Å². The molecule has 1 aromatic rings. The first-order valence-corrected chi connectivity index (χ1v) is 7.69. The van der Waals surface area contributed by atoms with Crippen molar-refractivity contribution in [3.05, 3.63) is 17.9 Å². The molecule has 0 atom stereocenters. The molecule has 1 N–H and O–H groups in total. The quantitative estimate of drug-likeness (QED) is 0.772. The number of hydrogen-bond acceptors (Lipinski definition) is 5. The molecule has 114 valence electrons. The largest absolute Gasteiger partial charge is 0.447 e. The molecule has 7 nitrogen and oxygen atoms in total. The maximum atomic E-state index is 11.8. The van der Waals surface area contributed by atoms with Crippen molar-refractivity contribution in [3.63, 3.8) is 0 Å². The van der Waals surface area contributed by atoms with Crippen molar-refractivity contribution in [2.24, 2.45) is 0 Å². The lowest BCUT2D eigenvalue weighted by molar-refractivity contribution is -0.128. The van der Waals surface area contributed by atoms with E-state index in [2.05, 4.69) is 5.32 Å². The first-order chi connectivity index (χ1) is 9.28. The molecule has 0 saturated heterocycles. The van der Waals surface area contributed by atoms with Crippen LogP contribution in [0.25, 0.3) is 0 Å². The summed E-state index contributed by atoms with van der Waals surface area (Å²) in [6.45, 7) is 3.02. The fraction of sp³-hybridized carbons (Fsp3) is 0.583. The van der Waals surface area contributed by atoms with E-state index in [9.17, 15) is 13.2 Å². The van der Waals surface area contributed by atoms with Crippen molar-refractivity contribution in [1.29, 1.82) is 0 Å². The molecule has 0 aliphatic heterocycles. The number of furan rings is 1. The van der Waals surface area contributed by atoms with Gasteiger partial charge in [-0.25, -0.2) is 12.7 Å². The highest BCUT2D eigenvalue weighted by Crippen LogP contribution is 2.16. The molecule has 1 rings (SSSR count). The Kier molecular flexibility index (Phi) is 5.73. The molecule has 1 aromatic heterocycles. The van der Waals surface area contributed by atoms with Gasteiger partial charge >= 0.3 is 0 Å². The molecule has 0 spiro atoms. The van der Waals surface area contributed by atoms with Gasteiger partial charge in [-0.1, -0.05) is 0 Å². The summed E-state index contributed by atoms with van der Waals surface area (Å²) < 4.78 is 30.0. The monoisotopic (exact) mass is 303 g/mol. The van der Waals surface area contributed by atoms with Crippen LogP contribution in [0, 0.1) is 0 Å². The Morgan fingerprint density at radius 2 is 1.95 bits per heavy atom. The summed E-state index contributed by atoms with van der Waals surface area (Å²) in [6, 6.07) is 2.99. The highest BCUT2D eigenvalue weighted by atomic mass is 32.2. The third kappa shape index (κ3) is 4.06. The lowest BCUT2D eigenvalue weighted by Gasteiger charge is -2.14. The van der Waals surface area contributed by atoms with Gasteiger partial charge in [0.25, 0.3) is 10.0 Å². The van der Waals surface area contributed by atoms with E-state index in [0.29, 0.717) is 18.8 Å². The summed E-state index contributed by atoms with van der Waals surface area (Å²) in [5, 5.41) is 2.82. The number of carbonyl (C=O) groups is 1. The fourth-order valence-electron chi connectivity index (χ4n) is 1.38. The molecule has 0 radical (unpaired) electrons. The second kappa shape index (κ2) is 6.87. The molecular formula is C12H21N3O4S. The lowest BCUT2D eigenvalue weighted by atomic mass is 10.4. The SMILES string of the molecule is CCN(C)C(=O)CNCc1ccc(S(=O)(=O)N(C)C)o1. The van der Waals surface area contributed by atoms with E-state index in [1.807, 2.05) is 6.92 Å². The Labute approximate surface area is 119 Å². The maximum Gasteiger partial charge on any atom is 0.275 e. The van der Waals surface area contributed by atoms with Crippen LogP contribution in [0.3, 0.4) is 0 Å². The van der Waals surface area contributed by atoms with Gasteiger partial charge in [0.15, 0.2) is 0 Å². The lowest BCUT2D eigenvalue weighted by Crippen LogP contribution is -2.35. The second-order valence-corrected chi connectivity index (χ2v) is 6.60. The average Bonchev–Trinajstić information content (AvgIpc) is 2.86. The van der Waals surface area contributed by atoms with E-state index in [-0.39, 0.29) is 17.5 Å². The van der Waals surface area contributed by atoms with E-state index in [0.717, 1.165) is 4.31 Å². The number of carbonyl (C=O) groups excluding carboxylic acids is 1. The first-order valence-electron chi connectivity index (χ1n) is 6.25. The first kappa shape index (κ1) is 16.7. The van der Waals surface area contributed by atoms with Crippen molar-refractivity contribution in [2.45, 2.75) is 18.6 Å². The molecular weight excluding hydrogens is 282 g/mol. The van der Waals surface area contributed by atoms with Crippen LogP contribution in [0.4, 0.5) is 0 Å². The van der Waals surface area contributed by atoms with Crippen LogP contribution in [0.5, 0.6) is 0 Å². The number of nitrogens with zero attached hydrogens (tertiary/aromatic N) is 2. The molecule has 8 heteroatoms. The van der Waals surface area contributed by atoms with E-state index in [1.165, 1.54) is 20.2 Å². The molecule has 0 aliphatic carbocycles. The Morgan fingerprint density at radius 3 is 2.50 bits per heavy atom. The fourth-order valence-corrected chi connectivity index (χ4v) is 2.19. The van der Waals surface area contributed by atoms with Gasteiger partial charge < -0.3 is 14.6 Å². The smallest absolute Gasteiger partial charge is 0.275 e. The van der Waals surface area contributed by atoms with Gasteiger partial charge in [0.2, 0.25) is 11.0 Å². The van der Waals surface area contributed by atoms with Crippen LogP contribution < -0.4 is 5.32 Å². The zero-order valence-corrected chi connectivity index (χ0v) is 13.0. The predicted octanol–water partition coefficient (Wildman–Crippen LogP) is 0.0978. The molecule has 1 amide bonds. The number of nitrogens with one attached hydrogen (secondary N) is 1. The third-order valence-electron chi connectivity index (χ3n) is 2.85. The molecule has 1 heterocycles. The highest BCUT2D eigenvalue weighted by molar-refractivity contribution is 7.88. The van der Waals surface area contributed by atoms with Crippen molar-refractivity contribution in [3.8, 4) is 0 Å². The standard InChI is InChI=1S/C12H21N3O4S/c1-5-15(4)11(16)9-13-8-10-6-7-12(19-10)20(17,18)14(2)3/h6-7,13H,5,8-9H2,1-4H3. The van der Waals surface area contributed by atoms with Gasteiger partial charge in [-0.3, -0.25) is 4.79 Å².